The lowest BCUT2D eigenvalue weighted by Gasteiger charge is -2.05. The van der Waals surface area contributed by atoms with Crippen LogP contribution >= 0.6 is 11.6 Å². The maximum absolute atomic E-state index is 10.7. The third kappa shape index (κ3) is 2.43. The second-order valence-electron chi connectivity index (χ2n) is 3.60. The Balaban J connectivity index is 2.52. The van der Waals surface area contributed by atoms with Gasteiger partial charge in [0.2, 0.25) is 0 Å². The molecular formula is C14H9ClO2. The lowest BCUT2D eigenvalue weighted by Crippen LogP contribution is -1.86. The summed E-state index contributed by atoms with van der Waals surface area (Å²) in [7, 11) is 0. The molecule has 0 aliphatic carbocycles. The van der Waals surface area contributed by atoms with Crippen LogP contribution in [0.2, 0.25) is 5.02 Å². The first-order valence-electron chi connectivity index (χ1n) is 5.05. The van der Waals surface area contributed by atoms with E-state index >= 15 is 0 Å². The van der Waals surface area contributed by atoms with Crippen LogP contribution in [0, 0.1) is 0 Å². The van der Waals surface area contributed by atoms with Crippen LogP contribution in [-0.4, -0.2) is 12.6 Å². The molecule has 0 aromatic heterocycles. The molecule has 2 rings (SSSR count). The van der Waals surface area contributed by atoms with E-state index in [1.807, 2.05) is 6.07 Å². The summed E-state index contributed by atoms with van der Waals surface area (Å²) in [4.78, 5) is 21.3. The number of carbonyl (C=O) groups excluding carboxylic acids is 2. The van der Waals surface area contributed by atoms with Crippen LogP contribution in [0.1, 0.15) is 20.7 Å². The highest BCUT2D eigenvalue weighted by Gasteiger charge is 2.05. The van der Waals surface area contributed by atoms with Gasteiger partial charge in [0.05, 0.1) is 0 Å². The van der Waals surface area contributed by atoms with Crippen LogP contribution in [0.25, 0.3) is 11.1 Å². The lowest BCUT2D eigenvalue weighted by molar-refractivity contribution is 0.111. The number of hydrogen-bond donors (Lipinski definition) is 0. The van der Waals surface area contributed by atoms with E-state index in [9.17, 15) is 9.59 Å². The van der Waals surface area contributed by atoms with Gasteiger partial charge in [0.1, 0.15) is 12.6 Å². The SMILES string of the molecule is O=Cc1cccc(-c2ccc(C=O)cc2Cl)c1. The van der Waals surface area contributed by atoms with E-state index in [0.29, 0.717) is 16.1 Å². The summed E-state index contributed by atoms with van der Waals surface area (Å²) in [6, 6.07) is 12.2. The zero-order chi connectivity index (χ0) is 12.3. The second-order valence-corrected chi connectivity index (χ2v) is 4.01. The molecule has 0 spiro atoms. The van der Waals surface area contributed by atoms with Crippen molar-refractivity contribution in [1.82, 2.24) is 0 Å². The molecule has 0 radical (unpaired) electrons. The largest absolute Gasteiger partial charge is 0.298 e. The molecule has 17 heavy (non-hydrogen) atoms. The summed E-state index contributed by atoms with van der Waals surface area (Å²) < 4.78 is 0. The van der Waals surface area contributed by atoms with Crippen LogP contribution in [-0.2, 0) is 0 Å². The van der Waals surface area contributed by atoms with Crippen molar-refractivity contribution in [2.24, 2.45) is 0 Å². The predicted octanol–water partition coefficient (Wildman–Crippen LogP) is 3.63. The van der Waals surface area contributed by atoms with Crippen LogP contribution < -0.4 is 0 Å². The van der Waals surface area contributed by atoms with Gasteiger partial charge < -0.3 is 0 Å². The standard InChI is InChI=1S/C14H9ClO2/c15-14-7-11(9-17)4-5-13(14)12-3-1-2-10(6-12)8-16/h1-9H. The summed E-state index contributed by atoms with van der Waals surface area (Å²) in [5.74, 6) is 0. The van der Waals surface area contributed by atoms with Crippen LogP contribution in [0.5, 0.6) is 0 Å². The maximum Gasteiger partial charge on any atom is 0.150 e. The number of benzene rings is 2. The average molecular weight is 245 g/mol. The molecule has 2 nitrogen and oxygen atoms in total. The molecule has 0 atom stereocenters. The Kier molecular flexibility index (Phi) is 3.35. The van der Waals surface area contributed by atoms with Gasteiger partial charge in [0.25, 0.3) is 0 Å². The van der Waals surface area contributed by atoms with Crippen molar-refractivity contribution in [2.75, 3.05) is 0 Å². The normalized spacial score (nSPS) is 9.94. The van der Waals surface area contributed by atoms with Gasteiger partial charge in [-0.05, 0) is 17.7 Å². The lowest BCUT2D eigenvalue weighted by atomic mass is 10.0. The van der Waals surface area contributed by atoms with Gasteiger partial charge in [-0.2, -0.15) is 0 Å². The van der Waals surface area contributed by atoms with Crippen LogP contribution in [0.3, 0.4) is 0 Å². The molecule has 2 aromatic carbocycles. The van der Waals surface area contributed by atoms with Gasteiger partial charge in [0, 0.05) is 21.7 Å². The minimum absolute atomic E-state index is 0.498. The molecular weight excluding hydrogens is 236 g/mol. The number of rotatable bonds is 3. The zero-order valence-corrected chi connectivity index (χ0v) is 9.65. The summed E-state index contributed by atoms with van der Waals surface area (Å²) in [5.41, 5.74) is 2.79. The van der Waals surface area contributed by atoms with Crippen molar-refractivity contribution >= 4 is 24.2 Å². The van der Waals surface area contributed by atoms with E-state index in [1.54, 1.807) is 36.4 Å². The van der Waals surface area contributed by atoms with E-state index in [-0.39, 0.29) is 0 Å². The second kappa shape index (κ2) is 4.93. The molecule has 3 heteroatoms. The van der Waals surface area contributed by atoms with Crippen molar-refractivity contribution in [2.45, 2.75) is 0 Å². The Morgan fingerprint density at radius 2 is 1.59 bits per heavy atom. The van der Waals surface area contributed by atoms with E-state index < -0.39 is 0 Å². The molecule has 0 heterocycles. The van der Waals surface area contributed by atoms with Crippen molar-refractivity contribution in [3.8, 4) is 11.1 Å². The Morgan fingerprint density at radius 1 is 0.882 bits per heavy atom. The minimum Gasteiger partial charge on any atom is -0.298 e. The summed E-state index contributed by atoms with van der Waals surface area (Å²) in [5, 5.41) is 0.498. The fraction of sp³-hybridized carbons (Fsp3) is 0. The highest BCUT2D eigenvalue weighted by Crippen LogP contribution is 2.28. The molecule has 0 saturated heterocycles. The van der Waals surface area contributed by atoms with Gasteiger partial charge in [0.15, 0.2) is 0 Å². The topological polar surface area (TPSA) is 34.1 Å². The number of hydrogen-bond acceptors (Lipinski definition) is 2. The zero-order valence-electron chi connectivity index (χ0n) is 8.89. The molecule has 0 unspecified atom stereocenters. The van der Waals surface area contributed by atoms with Crippen LogP contribution in [0.4, 0.5) is 0 Å². The monoisotopic (exact) mass is 244 g/mol. The van der Waals surface area contributed by atoms with E-state index in [1.165, 1.54) is 0 Å². The number of halogens is 1. The molecule has 0 fully saturated rings. The van der Waals surface area contributed by atoms with Crippen molar-refractivity contribution in [3.05, 3.63) is 58.6 Å². The molecule has 0 bridgehead atoms. The quantitative estimate of drug-likeness (QED) is 0.773. The van der Waals surface area contributed by atoms with Crippen molar-refractivity contribution in [1.29, 1.82) is 0 Å². The highest BCUT2D eigenvalue weighted by atomic mass is 35.5. The Hall–Kier alpha value is -1.93. The molecule has 0 amide bonds. The third-order valence-electron chi connectivity index (χ3n) is 2.46. The van der Waals surface area contributed by atoms with Gasteiger partial charge in [-0.1, -0.05) is 41.9 Å². The molecule has 2 aromatic rings. The third-order valence-corrected chi connectivity index (χ3v) is 2.78. The first-order chi connectivity index (χ1) is 8.24. The molecule has 0 aliphatic rings. The predicted molar refractivity (Wildman–Crippen MR) is 67.7 cm³/mol. The Labute approximate surface area is 104 Å². The number of aldehydes is 2. The van der Waals surface area contributed by atoms with Gasteiger partial charge in [-0.25, -0.2) is 0 Å². The minimum atomic E-state index is 0.498. The Bertz CT molecular complexity index is 576. The van der Waals surface area contributed by atoms with Crippen molar-refractivity contribution in [3.63, 3.8) is 0 Å². The highest BCUT2D eigenvalue weighted by molar-refractivity contribution is 6.33. The molecule has 84 valence electrons. The summed E-state index contributed by atoms with van der Waals surface area (Å²) in [6.45, 7) is 0. The summed E-state index contributed by atoms with van der Waals surface area (Å²) >= 11 is 6.09. The van der Waals surface area contributed by atoms with E-state index in [4.69, 9.17) is 11.6 Å². The fourth-order valence-corrected chi connectivity index (χ4v) is 1.92. The van der Waals surface area contributed by atoms with Gasteiger partial charge in [-0.15, -0.1) is 0 Å². The van der Waals surface area contributed by atoms with E-state index in [2.05, 4.69) is 0 Å². The Morgan fingerprint density at radius 3 is 2.24 bits per heavy atom. The smallest absolute Gasteiger partial charge is 0.150 e. The van der Waals surface area contributed by atoms with Gasteiger partial charge >= 0.3 is 0 Å². The van der Waals surface area contributed by atoms with Crippen LogP contribution in [0.15, 0.2) is 42.5 Å². The molecule has 0 N–H and O–H groups in total. The average Bonchev–Trinajstić information content (AvgIpc) is 2.38. The first-order valence-corrected chi connectivity index (χ1v) is 5.43. The van der Waals surface area contributed by atoms with Gasteiger partial charge in [-0.3, -0.25) is 9.59 Å². The first kappa shape index (κ1) is 11.6. The van der Waals surface area contributed by atoms with Crippen molar-refractivity contribution < 1.29 is 9.59 Å². The summed E-state index contributed by atoms with van der Waals surface area (Å²) in [6.07, 6.45) is 1.54. The number of carbonyl (C=O) groups is 2. The molecule has 0 aliphatic heterocycles. The fourth-order valence-electron chi connectivity index (χ4n) is 1.62. The molecule has 0 saturated carbocycles. The van der Waals surface area contributed by atoms with E-state index in [0.717, 1.165) is 23.7 Å². The maximum atomic E-state index is 10.7.